The van der Waals surface area contributed by atoms with E-state index in [-0.39, 0.29) is 36.0 Å². The van der Waals surface area contributed by atoms with Crippen molar-refractivity contribution in [3.05, 3.63) is 22.8 Å². The van der Waals surface area contributed by atoms with Gasteiger partial charge in [-0.3, -0.25) is 38.6 Å². The van der Waals surface area contributed by atoms with Crippen molar-refractivity contribution in [1.82, 2.24) is 9.80 Å². The molecule has 1 aromatic rings. The second-order valence-corrected chi connectivity index (χ2v) is 13.0. The minimum atomic E-state index is -2.77. The summed E-state index contributed by atoms with van der Waals surface area (Å²) < 4.78 is 4.87. The number of methoxy groups -OCH3 is 1. The van der Waals surface area contributed by atoms with Crippen LogP contribution in [-0.4, -0.2) is 115 Å². The number of phenols is 1. The average Bonchev–Trinajstić information content (AvgIpc) is 2.95. The smallest absolute Gasteiger partial charge is 0.308 e. The first-order valence-corrected chi connectivity index (χ1v) is 14.8. The van der Waals surface area contributed by atoms with Gasteiger partial charge in [-0.15, -0.1) is 0 Å². The van der Waals surface area contributed by atoms with Crippen LogP contribution >= 0.6 is 0 Å². The minimum absolute atomic E-state index is 0.00554. The van der Waals surface area contributed by atoms with Crippen LogP contribution < -0.4 is 10.6 Å². The van der Waals surface area contributed by atoms with E-state index in [0.29, 0.717) is 49.3 Å². The highest BCUT2D eigenvalue weighted by Gasteiger charge is 2.69. The second-order valence-electron chi connectivity index (χ2n) is 13.0. The molecule has 4 aliphatic rings. The zero-order valence-electron chi connectivity index (χ0n) is 25.7. The summed E-state index contributed by atoms with van der Waals surface area (Å²) in [6.45, 7) is 1.45. The van der Waals surface area contributed by atoms with Gasteiger partial charge in [0.15, 0.2) is 34.7 Å². The quantitative estimate of drug-likeness (QED) is 0.272. The number of piperidine rings is 1. The summed E-state index contributed by atoms with van der Waals surface area (Å²) in [6, 6.07) is 0.673. The number of likely N-dealkylation sites (tertiary alicyclic amines) is 1. The Kier molecular flexibility index (Phi) is 8.19. The van der Waals surface area contributed by atoms with Crippen LogP contribution in [-0.2, 0) is 41.7 Å². The number of rotatable bonds is 6. The molecule has 1 heterocycles. The number of fused-ring (bicyclic) bond motifs is 3. The van der Waals surface area contributed by atoms with Crippen LogP contribution in [0.2, 0.25) is 0 Å². The number of benzene rings is 1. The Bertz CT molecular complexity index is 1450. The van der Waals surface area contributed by atoms with Crippen molar-refractivity contribution in [2.75, 3.05) is 53.3 Å². The molecule has 5 rings (SSSR count). The van der Waals surface area contributed by atoms with Crippen molar-refractivity contribution < 1.29 is 43.7 Å². The summed E-state index contributed by atoms with van der Waals surface area (Å²) in [5.41, 5.74) is 4.31. The molecule has 238 valence electrons. The lowest BCUT2D eigenvalue weighted by atomic mass is 9.52. The standard InChI is InChI=1S/C31H40N4O9/c1-33(2)19-12-16(13-35-8-6-14(7-9-35)30(42)44-5)24(36)21-17(19)10-15-11-18-23(34(3)4)26(38)22(29(32)41)28(40)31(18,43)27(39)20(15)25(21)37/h12,14-15,18,20,22-23,36,43H,6-11,13H2,1-5H3,(H2,32,41)/t15-,18-,20?,22?,23-,31-/m0/s1. The average molecular weight is 613 g/mol. The molecule has 44 heavy (non-hydrogen) atoms. The fourth-order valence-electron chi connectivity index (χ4n) is 7.96. The zero-order chi connectivity index (χ0) is 32.4. The number of hydrogen-bond acceptors (Lipinski definition) is 12. The fourth-order valence-corrected chi connectivity index (χ4v) is 7.96. The van der Waals surface area contributed by atoms with Crippen molar-refractivity contribution in [2.24, 2.45) is 35.3 Å². The first-order valence-electron chi connectivity index (χ1n) is 14.8. The summed E-state index contributed by atoms with van der Waals surface area (Å²) in [4.78, 5) is 84.6. The van der Waals surface area contributed by atoms with E-state index in [1.807, 2.05) is 25.1 Å². The Balaban J connectivity index is 1.54. The molecule has 0 spiro atoms. The Morgan fingerprint density at radius 3 is 2.27 bits per heavy atom. The first-order chi connectivity index (χ1) is 20.6. The van der Waals surface area contributed by atoms with E-state index in [9.17, 15) is 39.0 Å². The molecule has 1 saturated heterocycles. The predicted molar refractivity (Wildman–Crippen MR) is 156 cm³/mol. The number of ketones is 4. The van der Waals surface area contributed by atoms with Crippen molar-refractivity contribution in [3.8, 4) is 5.75 Å². The topological polar surface area (TPSA) is 188 Å². The number of aromatic hydroxyl groups is 1. The molecule has 13 heteroatoms. The molecule has 0 radical (unpaired) electrons. The Hall–Kier alpha value is -3.68. The number of Topliss-reactive ketones (excluding diaryl/α,β-unsaturated/α-hetero) is 4. The van der Waals surface area contributed by atoms with Crippen molar-refractivity contribution >= 4 is 40.7 Å². The van der Waals surface area contributed by atoms with Gasteiger partial charge in [0.25, 0.3) is 0 Å². The van der Waals surface area contributed by atoms with E-state index >= 15 is 0 Å². The number of phenolic OH excluding ortho intramolecular Hbond substituents is 1. The van der Waals surface area contributed by atoms with Crippen LogP contribution in [0.1, 0.15) is 40.7 Å². The highest BCUT2D eigenvalue weighted by atomic mass is 16.5. The summed E-state index contributed by atoms with van der Waals surface area (Å²) in [5, 5.41) is 23.3. The van der Waals surface area contributed by atoms with Crippen LogP contribution in [0.3, 0.4) is 0 Å². The molecule has 3 fully saturated rings. The van der Waals surface area contributed by atoms with Crippen molar-refractivity contribution in [2.45, 2.75) is 43.9 Å². The number of hydrogen-bond donors (Lipinski definition) is 3. The van der Waals surface area contributed by atoms with Crippen LogP contribution in [0.15, 0.2) is 6.07 Å². The molecule has 1 aromatic carbocycles. The van der Waals surface area contributed by atoms with Gasteiger partial charge in [0.05, 0.1) is 30.6 Å². The molecule has 6 atom stereocenters. The zero-order valence-corrected chi connectivity index (χ0v) is 25.7. The summed E-state index contributed by atoms with van der Waals surface area (Å²) in [6.07, 6.45) is 1.37. The monoisotopic (exact) mass is 612 g/mol. The molecule has 0 aromatic heterocycles. The lowest BCUT2D eigenvalue weighted by molar-refractivity contribution is -0.181. The van der Waals surface area contributed by atoms with E-state index < -0.39 is 64.4 Å². The lowest BCUT2D eigenvalue weighted by Gasteiger charge is -2.52. The molecular weight excluding hydrogens is 572 g/mol. The fraction of sp³-hybridized carbons (Fsp3) is 0.613. The van der Waals surface area contributed by atoms with E-state index in [1.54, 1.807) is 14.1 Å². The number of amides is 1. The number of aliphatic hydroxyl groups is 1. The number of anilines is 1. The second kappa shape index (κ2) is 11.4. The van der Waals surface area contributed by atoms with Crippen LogP contribution in [0.25, 0.3) is 0 Å². The van der Waals surface area contributed by atoms with Gasteiger partial charge >= 0.3 is 5.97 Å². The van der Waals surface area contributed by atoms with E-state index in [4.69, 9.17) is 10.5 Å². The summed E-state index contributed by atoms with van der Waals surface area (Å²) in [7, 11) is 8.08. The number of carbonyl (C=O) groups is 6. The molecule has 1 aliphatic heterocycles. The highest BCUT2D eigenvalue weighted by molar-refractivity contribution is 6.32. The molecule has 2 unspecified atom stereocenters. The molecule has 13 nitrogen and oxygen atoms in total. The van der Waals surface area contributed by atoms with Crippen LogP contribution in [0.4, 0.5) is 5.69 Å². The normalized spacial score (nSPS) is 30.9. The maximum Gasteiger partial charge on any atom is 0.308 e. The third-order valence-electron chi connectivity index (χ3n) is 10.1. The number of likely N-dealkylation sites (N-methyl/N-ethyl adjacent to an activating group) is 1. The Morgan fingerprint density at radius 2 is 1.73 bits per heavy atom. The number of primary amides is 1. The number of esters is 1. The third kappa shape index (κ3) is 4.72. The van der Waals surface area contributed by atoms with Gasteiger partial charge < -0.3 is 25.6 Å². The Morgan fingerprint density at radius 1 is 1.09 bits per heavy atom. The van der Waals surface area contributed by atoms with Gasteiger partial charge in [-0.2, -0.15) is 0 Å². The van der Waals surface area contributed by atoms with Gasteiger partial charge in [-0.1, -0.05) is 0 Å². The van der Waals surface area contributed by atoms with E-state index in [2.05, 4.69) is 4.90 Å². The molecule has 3 aliphatic carbocycles. The maximum atomic E-state index is 14.2. The first kappa shape index (κ1) is 31.7. The van der Waals surface area contributed by atoms with Gasteiger partial charge in [-0.05, 0) is 70.4 Å². The van der Waals surface area contributed by atoms with Crippen molar-refractivity contribution in [3.63, 3.8) is 0 Å². The third-order valence-corrected chi connectivity index (χ3v) is 10.1. The van der Waals surface area contributed by atoms with E-state index in [0.717, 1.165) is 0 Å². The van der Waals surface area contributed by atoms with Crippen molar-refractivity contribution in [1.29, 1.82) is 0 Å². The predicted octanol–water partition coefficient (Wildman–Crippen LogP) is -0.682. The summed E-state index contributed by atoms with van der Waals surface area (Å²) >= 11 is 0. The molecule has 4 N–H and O–H groups in total. The van der Waals surface area contributed by atoms with E-state index in [1.165, 1.54) is 12.0 Å². The highest BCUT2D eigenvalue weighted by Crippen LogP contribution is 2.52. The number of nitrogens with two attached hydrogens (primary N) is 1. The maximum absolute atomic E-state index is 14.2. The molecular formula is C31H40N4O9. The molecule has 1 amide bonds. The Labute approximate surface area is 255 Å². The number of ether oxygens (including phenoxy) is 1. The van der Waals surface area contributed by atoms with Gasteiger partial charge in [0, 0.05) is 37.8 Å². The van der Waals surface area contributed by atoms with Gasteiger partial charge in [0.2, 0.25) is 5.91 Å². The van der Waals surface area contributed by atoms with Gasteiger partial charge in [-0.25, -0.2) is 0 Å². The molecule has 0 bridgehead atoms. The molecule has 2 saturated carbocycles. The number of carbonyl (C=O) groups excluding carboxylic acids is 6. The van der Waals surface area contributed by atoms with Gasteiger partial charge in [0.1, 0.15) is 5.75 Å². The number of nitrogens with zero attached hydrogens (tertiary/aromatic N) is 3. The lowest BCUT2D eigenvalue weighted by Crippen LogP contribution is -2.74. The minimum Gasteiger partial charge on any atom is -0.507 e. The SMILES string of the molecule is COC(=O)C1CCN(Cc2cc(N(C)C)c3c(c2O)C(=O)C2C(=O)[C@]4(O)C(=O)C(C(N)=O)C(=O)[C@@H](N(C)C)[C@@H]4C[C@@H]2C3)CC1. The van der Waals surface area contributed by atoms with Crippen LogP contribution in [0.5, 0.6) is 5.75 Å². The summed E-state index contributed by atoms with van der Waals surface area (Å²) in [5.74, 6) is -11.1. The van der Waals surface area contributed by atoms with Crippen LogP contribution in [0, 0.1) is 29.6 Å². The largest absolute Gasteiger partial charge is 0.507 e.